The van der Waals surface area contributed by atoms with Crippen molar-refractivity contribution in [3.63, 3.8) is 0 Å². The van der Waals surface area contributed by atoms with Crippen LogP contribution in [0.5, 0.6) is 0 Å². The predicted octanol–water partition coefficient (Wildman–Crippen LogP) is 3.03. The second-order valence-corrected chi connectivity index (χ2v) is 5.49. The van der Waals surface area contributed by atoms with E-state index in [-0.39, 0.29) is 5.91 Å². The highest BCUT2D eigenvalue weighted by Crippen LogP contribution is 2.28. The number of hydrogen-bond acceptors (Lipinski definition) is 5. The van der Waals surface area contributed by atoms with E-state index in [0.717, 1.165) is 31.3 Å². The van der Waals surface area contributed by atoms with E-state index in [4.69, 9.17) is 8.94 Å². The van der Waals surface area contributed by atoms with Crippen LogP contribution in [0.25, 0.3) is 22.4 Å². The molecule has 0 N–H and O–H groups in total. The number of nitrogens with zero attached hydrogens (tertiary/aromatic N) is 3. The molecule has 0 saturated carbocycles. The number of aromatic nitrogens is 2. The van der Waals surface area contributed by atoms with E-state index < -0.39 is 0 Å². The molecule has 2 aromatic heterocycles. The van der Waals surface area contributed by atoms with Gasteiger partial charge in [-0.2, -0.15) is 0 Å². The van der Waals surface area contributed by atoms with Gasteiger partial charge in [-0.3, -0.25) is 4.79 Å². The average molecular weight is 297 g/mol. The fourth-order valence-corrected chi connectivity index (χ4v) is 2.83. The number of aryl methyl sites for hydroxylation is 1. The van der Waals surface area contributed by atoms with Gasteiger partial charge in [-0.15, -0.1) is 0 Å². The zero-order chi connectivity index (χ0) is 15.1. The van der Waals surface area contributed by atoms with Crippen LogP contribution in [-0.2, 0) is 0 Å². The van der Waals surface area contributed by atoms with Gasteiger partial charge in [0.1, 0.15) is 17.7 Å². The molecule has 0 unspecified atom stereocenters. The Labute approximate surface area is 126 Å². The third-order valence-electron chi connectivity index (χ3n) is 3.97. The van der Waals surface area contributed by atoms with Crippen LogP contribution in [0.4, 0.5) is 0 Å². The molecule has 1 fully saturated rings. The van der Waals surface area contributed by atoms with Crippen molar-refractivity contribution in [2.75, 3.05) is 13.1 Å². The van der Waals surface area contributed by atoms with Gasteiger partial charge in [-0.05, 0) is 31.0 Å². The molecule has 0 aliphatic carbocycles. The van der Waals surface area contributed by atoms with Gasteiger partial charge in [0.05, 0.1) is 5.39 Å². The summed E-state index contributed by atoms with van der Waals surface area (Å²) >= 11 is 0. The topological polar surface area (TPSA) is 72.4 Å². The van der Waals surface area contributed by atoms with Gasteiger partial charge in [-0.25, -0.2) is 4.98 Å². The van der Waals surface area contributed by atoms with E-state index >= 15 is 0 Å². The maximum absolute atomic E-state index is 12.5. The van der Waals surface area contributed by atoms with E-state index in [1.54, 1.807) is 25.3 Å². The fourth-order valence-electron chi connectivity index (χ4n) is 2.83. The number of carbonyl (C=O) groups is 1. The van der Waals surface area contributed by atoms with Crippen molar-refractivity contribution >= 4 is 16.9 Å². The summed E-state index contributed by atoms with van der Waals surface area (Å²) in [5, 5.41) is 4.83. The standard InChI is InChI=1S/C16H15N3O3/c1-10-17-13(9-21-10)15-12-8-11(4-5-14(12)22-18-15)16(20)19-6-2-3-7-19/h4-5,8-9H,2-3,6-7H2,1H3. The quantitative estimate of drug-likeness (QED) is 0.727. The number of rotatable bonds is 2. The summed E-state index contributed by atoms with van der Waals surface area (Å²) in [5.41, 5.74) is 2.50. The number of hydrogen-bond donors (Lipinski definition) is 0. The van der Waals surface area contributed by atoms with E-state index in [2.05, 4.69) is 10.1 Å². The molecule has 4 rings (SSSR count). The van der Waals surface area contributed by atoms with Crippen molar-refractivity contribution in [3.8, 4) is 11.4 Å². The van der Waals surface area contributed by atoms with Gasteiger partial charge in [0.15, 0.2) is 11.5 Å². The second kappa shape index (κ2) is 4.98. The molecule has 3 heterocycles. The van der Waals surface area contributed by atoms with Crippen molar-refractivity contribution in [2.24, 2.45) is 0 Å². The molecule has 0 radical (unpaired) electrons. The summed E-state index contributed by atoms with van der Waals surface area (Å²) in [6, 6.07) is 5.39. The number of oxazole rings is 1. The summed E-state index contributed by atoms with van der Waals surface area (Å²) in [6.45, 7) is 3.43. The number of carbonyl (C=O) groups excluding carboxylic acids is 1. The third kappa shape index (κ3) is 2.07. The molecule has 1 aliphatic rings. The Morgan fingerprint density at radius 2 is 2.09 bits per heavy atom. The highest BCUT2D eigenvalue weighted by atomic mass is 16.5. The van der Waals surface area contributed by atoms with Gasteiger partial charge in [0.25, 0.3) is 5.91 Å². The van der Waals surface area contributed by atoms with E-state index in [1.165, 1.54) is 0 Å². The minimum Gasteiger partial charge on any atom is -0.449 e. The first-order valence-corrected chi connectivity index (χ1v) is 7.33. The first-order valence-electron chi connectivity index (χ1n) is 7.33. The third-order valence-corrected chi connectivity index (χ3v) is 3.97. The smallest absolute Gasteiger partial charge is 0.253 e. The second-order valence-electron chi connectivity index (χ2n) is 5.49. The highest BCUT2D eigenvalue weighted by molar-refractivity contribution is 6.00. The molecule has 22 heavy (non-hydrogen) atoms. The molecule has 1 amide bonds. The maximum Gasteiger partial charge on any atom is 0.253 e. The van der Waals surface area contributed by atoms with Crippen molar-refractivity contribution in [1.82, 2.24) is 15.0 Å². The fraction of sp³-hybridized carbons (Fsp3) is 0.312. The maximum atomic E-state index is 12.5. The van der Waals surface area contributed by atoms with Crippen LogP contribution in [0.2, 0.25) is 0 Å². The Hall–Kier alpha value is -2.63. The van der Waals surface area contributed by atoms with E-state index in [0.29, 0.717) is 28.4 Å². The first kappa shape index (κ1) is 13.1. The Bertz CT molecular complexity index is 843. The van der Waals surface area contributed by atoms with Gasteiger partial charge in [-0.1, -0.05) is 5.16 Å². The monoisotopic (exact) mass is 297 g/mol. The summed E-state index contributed by atoms with van der Waals surface area (Å²) in [5.74, 6) is 0.623. The highest BCUT2D eigenvalue weighted by Gasteiger charge is 2.21. The number of fused-ring (bicyclic) bond motifs is 1. The molecule has 1 saturated heterocycles. The normalized spacial score (nSPS) is 14.9. The van der Waals surface area contributed by atoms with Crippen LogP contribution >= 0.6 is 0 Å². The molecule has 0 atom stereocenters. The Morgan fingerprint density at radius 3 is 2.82 bits per heavy atom. The van der Waals surface area contributed by atoms with Gasteiger partial charge in [0, 0.05) is 25.6 Å². The number of benzene rings is 1. The molecule has 3 aromatic rings. The predicted molar refractivity (Wildman–Crippen MR) is 79.4 cm³/mol. The van der Waals surface area contributed by atoms with Crippen LogP contribution < -0.4 is 0 Å². The van der Waals surface area contributed by atoms with Crippen LogP contribution in [0.15, 0.2) is 33.4 Å². The van der Waals surface area contributed by atoms with Gasteiger partial charge < -0.3 is 13.8 Å². The van der Waals surface area contributed by atoms with Crippen molar-refractivity contribution in [1.29, 1.82) is 0 Å². The lowest BCUT2D eigenvalue weighted by Crippen LogP contribution is -2.27. The first-order chi connectivity index (χ1) is 10.7. The summed E-state index contributed by atoms with van der Waals surface area (Å²) in [4.78, 5) is 18.7. The van der Waals surface area contributed by atoms with Crippen molar-refractivity contribution in [3.05, 3.63) is 35.9 Å². The Morgan fingerprint density at radius 1 is 1.27 bits per heavy atom. The van der Waals surface area contributed by atoms with Crippen LogP contribution in [0.3, 0.4) is 0 Å². The molecule has 1 aromatic carbocycles. The largest absolute Gasteiger partial charge is 0.449 e. The zero-order valence-electron chi connectivity index (χ0n) is 12.2. The minimum absolute atomic E-state index is 0.0582. The Kier molecular flexibility index (Phi) is 2.96. The van der Waals surface area contributed by atoms with Crippen molar-refractivity contribution < 1.29 is 13.7 Å². The van der Waals surface area contributed by atoms with E-state index in [9.17, 15) is 4.79 Å². The lowest BCUT2D eigenvalue weighted by Gasteiger charge is -2.14. The molecule has 112 valence electrons. The lowest BCUT2D eigenvalue weighted by molar-refractivity contribution is 0.0793. The van der Waals surface area contributed by atoms with Gasteiger partial charge in [0.2, 0.25) is 0 Å². The summed E-state index contributed by atoms with van der Waals surface area (Å²) in [7, 11) is 0. The number of amides is 1. The van der Waals surface area contributed by atoms with Gasteiger partial charge >= 0.3 is 0 Å². The van der Waals surface area contributed by atoms with Crippen LogP contribution in [-0.4, -0.2) is 34.0 Å². The molecule has 6 nitrogen and oxygen atoms in total. The molecule has 0 spiro atoms. The molecular weight excluding hydrogens is 282 g/mol. The average Bonchev–Trinajstić information content (AvgIpc) is 3.25. The molecule has 6 heteroatoms. The van der Waals surface area contributed by atoms with Crippen LogP contribution in [0, 0.1) is 6.92 Å². The molecule has 0 bridgehead atoms. The van der Waals surface area contributed by atoms with Crippen LogP contribution in [0.1, 0.15) is 29.1 Å². The zero-order valence-corrected chi connectivity index (χ0v) is 12.2. The minimum atomic E-state index is 0.0582. The van der Waals surface area contributed by atoms with Crippen molar-refractivity contribution in [2.45, 2.75) is 19.8 Å². The molecular formula is C16H15N3O3. The summed E-state index contributed by atoms with van der Waals surface area (Å²) < 4.78 is 10.5. The summed E-state index contributed by atoms with van der Waals surface area (Å²) in [6.07, 6.45) is 3.69. The molecule has 1 aliphatic heterocycles. The lowest BCUT2D eigenvalue weighted by atomic mass is 10.1. The Balaban J connectivity index is 1.77. The van der Waals surface area contributed by atoms with E-state index in [1.807, 2.05) is 11.0 Å². The number of likely N-dealkylation sites (tertiary alicyclic amines) is 1. The SMILES string of the molecule is Cc1nc(-c2noc3ccc(C(=O)N4CCCC4)cc23)co1.